The summed E-state index contributed by atoms with van der Waals surface area (Å²) in [5.41, 5.74) is 1.84. The quantitative estimate of drug-likeness (QED) is 0.738. The van der Waals surface area contributed by atoms with Crippen molar-refractivity contribution in [1.82, 2.24) is 20.0 Å². The molecule has 0 bridgehead atoms. The Bertz CT molecular complexity index is 737. The molecule has 0 saturated heterocycles. The molecule has 0 radical (unpaired) electrons. The number of rotatable bonds is 4. The first-order valence-electron chi connectivity index (χ1n) is 7.00. The van der Waals surface area contributed by atoms with E-state index >= 15 is 0 Å². The third kappa shape index (κ3) is 2.46. The minimum atomic E-state index is -0.00736. The summed E-state index contributed by atoms with van der Waals surface area (Å²) < 4.78 is 7.40. The minimum absolute atomic E-state index is 0.00736. The molecule has 1 aromatic carbocycles. The topological polar surface area (TPSA) is 52.8 Å². The van der Waals surface area contributed by atoms with Crippen LogP contribution in [0.5, 0.6) is 5.75 Å². The van der Waals surface area contributed by atoms with Crippen molar-refractivity contribution >= 4 is 10.9 Å². The number of hydrogen-bond acceptors (Lipinski definition) is 4. The average molecular weight is 282 g/mol. The summed E-state index contributed by atoms with van der Waals surface area (Å²) in [6.45, 7) is 4.28. The van der Waals surface area contributed by atoms with E-state index in [-0.39, 0.29) is 6.04 Å². The molecule has 108 valence electrons. The van der Waals surface area contributed by atoms with E-state index in [9.17, 15) is 0 Å². The number of ether oxygens (including phenoxy) is 1. The molecular weight excluding hydrogens is 264 g/mol. The van der Waals surface area contributed by atoms with Gasteiger partial charge < -0.3 is 4.74 Å². The Morgan fingerprint density at radius 3 is 2.67 bits per heavy atom. The second-order valence-electron chi connectivity index (χ2n) is 5.34. The van der Waals surface area contributed by atoms with Crippen LogP contribution in [0.15, 0.2) is 42.7 Å². The first-order chi connectivity index (χ1) is 10.2. The average Bonchev–Trinajstić information content (AvgIpc) is 3.00. The normalized spacial score (nSPS) is 12.8. The number of methoxy groups -OCH3 is 1. The highest BCUT2D eigenvalue weighted by Gasteiger charge is 2.24. The fourth-order valence-electron chi connectivity index (χ4n) is 2.60. The summed E-state index contributed by atoms with van der Waals surface area (Å²) in [6.07, 6.45) is 3.55. The molecule has 0 aliphatic heterocycles. The molecule has 0 N–H and O–H groups in total. The second kappa shape index (κ2) is 5.52. The Kier molecular flexibility index (Phi) is 3.56. The van der Waals surface area contributed by atoms with Gasteiger partial charge in [-0.3, -0.25) is 0 Å². The Balaban J connectivity index is 2.21. The van der Waals surface area contributed by atoms with Crippen molar-refractivity contribution in [2.45, 2.75) is 19.9 Å². The molecule has 3 rings (SSSR count). The van der Waals surface area contributed by atoms with Crippen molar-refractivity contribution in [3.05, 3.63) is 48.4 Å². The lowest BCUT2D eigenvalue weighted by atomic mass is 9.99. The van der Waals surface area contributed by atoms with Gasteiger partial charge in [0.1, 0.15) is 17.5 Å². The summed E-state index contributed by atoms with van der Waals surface area (Å²) in [5.74, 6) is 1.09. The van der Waals surface area contributed by atoms with Gasteiger partial charge in [-0.1, -0.05) is 37.3 Å². The molecule has 21 heavy (non-hydrogen) atoms. The maximum atomic E-state index is 5.56. The van der Waals surface area contributed by atoms with Crippen LogP contribution in [0.3, 0.4) is 0 Å². The van der Waals surface area contributed by atoms with Crippen molar-refractivity contribution in [3.8, 4) is 5.75 Å². The van der Waals surface area contributed by atoms with Crippen molar-refractivity contribution in [3.63, 3.8) is 0 Å². The van der Waals surface area contributed by atoms with Gasteiger partial charge in [0.15, 0.2) is 0 Å². The van der Waals surface area contributed by atoms with Gasteiger partial charge in [-0.25, -0.2) is 9.67 Å². The van der Waals surface area contributed by atoms with E-state index in [1.54, 1.807) is 13.3 Å². The van der Waals surface area contributed by atoms with E-state index in [1.165, 1.54) is 0 Å². The highest BCUT2D eigenvalue weighted by molar-refractivity contribution is 5.80. The Labute approximate surface area is 123 Å². The zero-order valence-corrected chi connectivity index (χ0v) is 12.4. The van der Waals surface area contributed by atoms with Crippen LogP contribution in [0.2, 0.25) is 0 Å². The lowest BCUT2D eigenvalue weighted by Crippen LogP contribution is -2.19. The van der Waals surface area contributed by atoms with Crippen molar-refractivity contribution in [1.29, 1.82) is 0 Å². The van der Waals surface area contributed by atoms with Crippen LogP contribution in [0, 0.1) is 5.92 Å². The number of para-hydroxylation sites is 1. The van der Waals surface area contributed by atoms with Crippen molar-refractivity contribution in [2.75, 3.05) is 7.11 Å². The van der Waals surface area contributed by atoms with E-state index in [0.717, 1.165) is 22.3 Å². The van der Waals surface area contributed by atoms with Gasteiger partial charge in [0.05, 0.1) is 18.8 Å². The number of aromatic nitrogens is 4. The molecule has 0 spiro atoms. The first-order valence-corrected chi connectivity index (χ1v) is 7.00. The van der Waals surface area contributed by atoms with Crippen LogP contribution >= 0.6 is 0 Å². The van der Waals surface area contributed by atoms with Crippen molar-refractivity contribution < 1.29 is 4.74 Å². The van der Waals surface area contributed by atoms with Gasteiger partial charge in [0.2, 0.25) is 0 Å². The number of nitrogens with zero attached hydrogens (tertiary/aromatic N) is 4. The predicted molar refractivity (Wildman–Crippen MR) is 81.3 cm³/mol. The maximum Gasteiger partial charge on any atom is 0.143 e. The Hall–Kier alpha value is -2.43. The number of benzene rings is 1. The third-order valence-electron chi connectivity index (χ3n) is 3.57. The smallest absolute Gasteiger partial charge is 0.143 e. The van der Waals surface area contributed by atoms with Crippen LogP contribution in [-0.2, 0) is 0 Å². The SMILES string of the molecule is COc1cc2ccccc2nc1C(C(C)C)n1ccnn1. The van der Waals surface area contributed by atoms with E-state index < -0.39 is 0 Å². The molecule has 1 unspecified atom stereocenters. The monoisotopic (exact) mass is 282 g/mol. The van der Waals surface area contributed by atoms with E-state index in [2.05, 4.69) is 24.2 Å². The molecule has 5 heteroatoms. The highest BCUT2D eigenvalue weighted by atomic mass is 16.5. The van der Waals surface area contributed by atoms with Gasteiger partial charge in [0, 0.05) is 11.6 Å². The van der Waals surface area contributed by atoms with Crippen molar-refractivity contribution in [2.24, 2.45) is 5.92 Å². The molecule has 0 aliphatic carbocycles. The maximum absolute atomic E-state index is 5.56. The van der Waals surface area contributed by atoms with Crippen LogP contribution in [-0.4, -0.2) is 27.1 Å². The summed E-state index contributed by atoms with van der Waals surface area (Å²) in [4.78, 5) is 4.81. The number of pyridine rings is 1. The van der Waals surface area contributed by atoms with Gasteiger partial charge >= 0.3 is 0 Å². The van der Waals surface area contributed by atoms with Gasteiger partial charge in [-0.05, 0) is 18.1 Å². The molecule has 2 aromatic heterocycles. The molecule has 0 saturated carbocycles. The number of fused-ring (bicyclic) bond motifs is 1. The van der Waals surface area contributed by atoms with Crippen LogP contribution in [0.1, 0.15) is 25.6 Å². The zero-order valence-electron chi connectivity index (χ0n) is 12.4. The number of hydrogen-bond donors (Lipinski definition) is 0. The van der Waals surface area contributed by atoms with Gasteiger partial charge in [0.25, 0.3) is 0 Å². The summed E-state index contributed by atoms with van der Waals surface area (Å²) in [6, 6.07) is 10.1. The molecule has 3 aromatic rings. The Morgan fingerprint density at radius 1 is 1.19 bits per heavy atom. The highest BCUT2D eigenvalue weighted by Crippen LogP contribution is 2.33. The molecule has 0 amide bonds. The minimum Gasteiger partial charge on any atom is -0.495 e. The van der Waals surface area contributed by atoms with E-state index in [1.807, 2.05) is 41.2 Å². The first kappa shape index (κ1) is 13.5. The van der Waals surface area contributed by atoms with Crippen LogP contribution in [0.4, 0.5) is 0 Å². The lowest BCUT2D eigenvalue weighted by molar-refractivity contribution is 0.353. The zero-order chi connectivity index (χ0) is 14.8. The Morgan fingerprint density at radius 2 is 2.00 bits per heavy atom. The summed E-state index contributed by atoms with van der Waals surface area (Å²) >= 11 is 0. The lowest BCUT2D eigenvalue weighted by Gasteiger charge is -2.22. The van der Waals surface area contributed by atoms with Crippen LogP contribution in [0.25, 0.3) is 10.9 Å². The van der Waals surface area contributed by atoms with E-state index in [0.29, 0.717) is 5.92 Å². The largest absolute Gasteiger partial charge is 0.495 e. The van der Waals surface area contributed by atoms with Crippen LogP contribution < -0.4 is 4.74 Å². The standard InChI is InChI=1S/C16H18N4O/c1-11(2)16(20-9-8-17-19-20)15-14(21-3)10-12-6-4-5-7-13(12)18-15/h4-11,16H,1-3H3. The molecule has 0 fully saturated rings. The fraction of sp³-hybridized carbons (Fsp3) is 0.312. The fourth-order valence-corrected chi connectivity index (χ4v) is 2.60. The molecule has 0 aliphatic rings. The molecule has 5 nitrogen and oxygen atoms in total. The van der Waals surface area contributed by atoms with Gasteiger partial charge in [-0.2, -0.15) is 0 Å². The van der Waals surface area contributed by atoms with Gasteiger partial charge in [-0.15, -0.1) is 5.10 Å². The third-order valence-corrected chi connectivity index (χ3v) is 3.57. The molecular formula is C16H18N4O. The summed E-state index contributed by atoms with van der Waals surface area (Å²) in [7, 11) is 1.67. The predicted octanol–water partition coefficient (Wildman–Crippen LogP) is 3.08. The molecule has 1 atom stereocenters. The van der Waals surface area contributed by atoms with E-state index in [4.69, 9.17) is 9.72 Å². The molecule has 2 heterocycles. The second-order valence-corrected chi connectivity index (χ2v) is 5.34. The summed E-state index contributed by atoms with van der Waals surface area (Å²) in [5, 5.41) is 9.12.